The van der Waals surface area contributed by atoms with E-state index >= 15 is 0 Å². The van der Waals surface area contributed by atoms with Crippen molar-refractivity contribution in [3.63, 3.8) is 0 Å². The van der Waals surface area contributed by atoms with Gasteiger partial charge in [-0.3, -0.25) is 0 Å². The zero-order valence-electron chi connectivity index (χ0n) is 24.7. The molecule has 1 aromatic carbocycles. The fourth-order valence-electron chi connectivity index (χ4n) is 4.69. The number of hydrogen-bond acceptors (Lipinski definition) is 4. The second-order valence-corrected chi connectivity index (χ2v) is 11.8. The maximum Gasteiger partial charge on any atom is 0.421 e. The third-order valence-corrected chi connectivity index (χ3v) is 6.69. The van der Waals surface area contributed by atoms with E-state index in [9.17, 15) is 0 Å². The molecule has 11 heteroatoms. The van der Waals surface area contributed by atoms with Gasteiger partial charge in [-0.25, -0.2) is 9.13 Å². The number of aromatic nitrogens is 2. The van der Waals surface area contributed by atoms with Gasteiger partial charge in [0, 0.05) is 44.1 Å². The summed E-state index contributed by atoms with van der Waals surface area (Å²) in [6, 6.07) is 6.52. The molecule has 0 unspecified atom stereocenters. The molecule has 8 nitrogen and oxygen atoms in total. The first-order valence-electron chi connectivity index (χ1n) is 13.3. The van der Waals surface area contributed by atoms with Crippen LogP contribution in [0.3, 0.4) is 0 Å². The van der Waals surface area contributed by atoms with Crippen LogP contribution in [-0.4, -0.2) is 95.1 Å². The molecule has 0 fully saturated rings. The molecule has 218 valence electrons. The number of nitrogens with zero attached hydrogens (tertiary/aromatic N) is 8. The predicted octanol–water partition coefficient (Wildman–Crippen LogP) is -4.94. The van der Waals surface area contributed by atoms with Crippen molar-refractivity contribution in [3.05, 3.63) is 30.6 Å². The van der Waals surface area contributed by atoms with Crippen LogP contribution in [0.25, 0.3) is 0 Å². The van der Waals surface area contributed by atoms with Crippen LogP contribution in [0.2, 0.25) is 0 Å². The molecule has 0 bridgehead atoms. The number of aryl methyl sites for hydroxylation is 2. The molecule has 0 spiro atoms. The second-order valence-electron chi connectivity index (χ2n) is 11.8. The van der Waals surface area contributed by atoms with Gasteiger partial charge in [-0.2, -0.15) is 0 Å². The molecule has 0 aliphatic carbocycles. The van der Waals surface area contributed by atoms with Crippen molar-refractivity contribution in [2.24, 2.45) is 10.2 Å². The molecule has 0 saturated heterocycles. The monoisotopic (exact) mass is 722 g/mol. The first-order chi connectivity index (χ1) is 16.5. The van der Waals surface area contributed by atoms with E-state index in [4.69, 9.17) is 10.2 Å². The van der Waals surface area contributed by atoms with Crippen LogP contribution in [0.1, 0.15) is 26.7 Å². The van der Waals surface area contributed by atoms with E-state index in [-0.39, 0.29) is 50.9 Å². The molecule has 3 rings (SSSR count). The number of hydrogen-bond donors (Lipinski definition) is 0. The minimum atomic E-state index is 0. The average Bonchev–Trinajstić information content (AvgIpc) is 3.16. The SMILES string of the molecule is CCN1CCN(CC)c2cc(N=Nc3n(CCC[N+](C)(C)C)cc[n+]3CCC[N+](C)(C)C)ccc21.[Br-].[Br-].[Br-]. The summed E-state index contributed by atoms with van der Waals surface area (Å²) in [5.74, 6) is 0.938. The van der Waals surface area contributed by atoms with Gasteiger partial charge in [0.05, 0.1) is 92.2 Å². The fourth-order valence-corrected chi connectivity index (χ4v) is 4.69. The highest BCUT2D eigenvalue weighted by Crippen LogP contribution is 2.36. The first kappa shape index (κ1) is 37.0. The van der Waals surface area contributed by atoms with Crippen LogP contribution >= 0.6 is 0 Å². The minimum Gasteiger partial charge on any atom is -1.00 e. The van der Waals surface area contributed by atoms with Crippen molar-refractivity contribution >= 4 is 23.0 Å². The van der Waals surface area contributed by atoms with Crippen molar-refractivity contribution in [2.75, 3.05) is 91.4 Å². The Morgan fingerprint density at radius 2 is 1.37 bits per heavy atom. The number of imidazole rings is 1. The Kier molecular flexibility index (Phi) is 15.9. The van der Waals surface area contributed by atoms with E-state index in [1.807, 2.05) is 0 Å². The van der Waals surface area contributed by atoms with Crippen molar-refractivity contribution in [2.45, 2.75) is 39.8 Å². The number of halogens is 3. The third-order valence-electron chi connectivity index (χ3n) is 6.69. The molecule has 0 saturated carbocycles. The first-order valence-corrected chi connectivity index (χ1v) is 13.3. The molecular weight excluding hydrogens is 676 g/mol. The van der Waals surface area contributed by atoms with Crippen LogP contribution in [0.5, 0.6) is 0 Å². The van der Waals surface area contributed by atoms with E-state index in [1.165, 1.54) is 11.4 Å². The number of benzene rings is 1. The predicted molar refractivity (Wildman–Crippen MR) is 146 cm³/mol. The molecule has 0 amide bonds. The van der Waals surface area contributed by atoms with E-state index in [2.05, 4.69) is 106 Å². The largest absolute Gasteiger partial charge is 1.00 e. The van der Waals surface area contributed by atoms with E-state index < -0.39 is 0 Å². The average molecular weight is 725 g/mol. The number of rotatable bonds is 12. The number of azo groups is 1. The lowest BCUT2D eigenvalue weighted by molar-refractivity contribution is -0.873. The Morgan fingerprint density at radius 1 is 0.789 bits per heavy atom. The topological polar surface area (TPSA) is 40.0 Å². The summed E-state index contributed by atoms with van der Waals surface area (Å²) in [7, 11) is 13.5. The lowest BCUT2D eigenvalue weighted by atomic mass is 10.1. The molecule has 38 heavy (non-hydrogen) atoms. The van der Waals surface area contributed by atoms with Gasteiger partial charge in [0.2, 0.25) is 0 Å². The highest BCUT2D eigenvalue weighted by atomic mass is 79.9. The number of anilines is 2. The molecule has 1 aliphatic rings. The maximum atomic E-state index is 4.81. The zero-order chi connectivity index (χ0) is 25.6. The Balaban J connectivity index is 0.00000456. The third kappa shape index (κ3) is 10.9. The van der Waals surface area contributed by atoms with Gasteiger partial charge < -0.3 is 69.7 Å². The summed E-state index contributed by atoms with van der Waals surface area (Å²) in [4.78, 5) is 4.89. The standard InChI is InChI=1S/C27H49N8.3BrH/c1-9-30-17-18-31(10-2)26-23-24(13-14-25(26)30)28-29-27-32(15-11-21-34(3,4)5)19-20-33(27)16-12-22-35(6,7)8;;;/h13-14,19-20,23H,9-12,15-18,21-22H2,1-8H3;3*1H/q+3;;;/p-3. The van der Waals surface area contributed by atoms with Crippen molar-refractivity contribution in [1.82, 2.24) is 4.57 Å². The van der Waals surface area contributed by atoms with Crippen molar-refractivity contribution in [3.8, 4) is 0 Å². The van der Waals surface area contributed by atoms with Crippen LogP contribution in [0, 0.1) is 0 Å². The van der Waals surface area contributed by atoms with Crippen LogP contribution in [0.4, 0.5) is 23.0 Å². The van der Waals surface area contributed by atoms with Gasteiger partial charge in [-0.1, -0.05) is 5.11 Å². The fraction of sp³-hybridized carbons (Fsp3) is 0.667. The summed E-state index contributed by atoms with van der Waals surface area (Å²) >= 11 is 0. The van der Waals surface area contributed by atoms with E-state index in [1.54, 1.807) is 0 Å². The van der Waals surface area contributed by atoms with Crippen molar-refractivity contribution < 1.29 is 64.5 Å². The molecular formula is C27H49Br3N8. The summed E-state index contributed by atoms with van der Waals surface area (Å²) in [6.07, 6.45) is 6.55. The van der Waals surface area contributed by atoms with Gasteiger partial charge in [0.15, 0.2) is 0 Å². The molecule has 1 aliphatic heterocycles. The molecule has 0 N–H and O–H groups in total. The minimum absolute atomic E-state index is 0. The van der Waals surface area contributed by atoms with Crippen LogP contribution < -0.4 is 65.3 Å². The normalized spacial score (nSPS) is 13.6. The van der Waals surface area contributed by atoms with E-state index in [0.717, 1.165) is 85.8 Å². The Morgan fingerprint density at radius 3 is 1.95 bits per heavy atom. The van der Waals surface area contributed by atoms with Crippen molar-refractivity contribution in [1.29, 1.82) is 0 Å². The molecule has 2 aromatic rings. The van der Waals surface area contributed by atoms with E-state index in [0.29, 0.717) is 0 Å². The molecule has 0 radical (unpaired) electrons. The van der Waals surface area contributed by atoms with Crippen LogP contribution in [-0.2, 0) is 13.1 Å². The van der Waals surface area contributed by atoms with Gasteiger partial charge in [-0.15, -0.1) is 0 Å². The Hall–Kier alpha value is -1.01. The summed E-state index contributed by atoms with van der Waals surface area (Å²) in [5.41, 5.74) is 3.49. The number of quaternary nitrogens is 2. The second kappa shape index (κ2) is 16.3. The Labute approximate surface area is 262 Å². The molecule has 1 aromatic heterocycles. The Bertz CT molecular complexity index is 958. The molecule has 2 heterocycles. The quantitative estimate of drug-likeness (QED) is 0.125. The highest BCUT2D eigenvalue weighted by molar-refractivity contribution is 5.76. The van der Waals surface area contributed by atoms with Gasteiger partial charge in [0.1, 0.15) is 5.69 Å². The summed E-state index contributed by atoms with van der Waals surface area (Å²) in [5, 5.41) is 9.56. The van der Waals surface area contributed by atoms with Gasteiger partial charge in [-0.05, 0) is 32.0 Å². The number of fused-ring (bicyclic) bond motifs is 1. The maximum absolute atomic E-state index is 4.81. The highest BCUT2D eigenvalue weighted by Gasteiger charge is 2.22. The summed E-state index contributed by atoms with van der Waals surface area (Å²) < 4.78 is 6.47. The van der Waals surface area contributed by atoms with Gasteiger partial charge >= 0.3 is 5.95 Å². The lowest BCUT2D eigenvalue weighted by Crippen LogP contribution is -3.00. The zero-order valence-corrected chi connectivity index (χ0v) is 29.4. The number of likely N-dealkylation sites (N-methyl/N-ethyl adjacent to an activating group) is 2. The van der Waals surface area contributed by atoms with Gasteiger partial charge in [0.25, 0.3) is 0 Å². The lowest BCUT2D eigenvalue weighted by Gasteiger charge is -2.38. The smallest absolute Gasteiger partial charge is 0.421 e. The molecule has 0 atom stereocenters. The van der Waals surface area contributed by atoms with Crippen LogP contribution in [0.15, 0.2) is 40.8 Å². The summed E-state index contributed by atoms with van der Waals surface area (Å²) in [6.45, 7) is 12.8.